The van der Waals surface area contributed by atoms with Crippen LogP contribution in [0.2, 0.25) is 0 Å². The fourth-order valence-corrected chi connectivity index (χ4v) is 2.59. The zero-order valence-corrected chi connectivity index (χ0v) is 14.0. The van der Waals surface area contributed by atoms with Gasteiger partial charge >= 0.3 is 12.1 Å². The molecule has 1 aromatic heterocycles. The quantitative estimate of drug-likeness (QED) is 0.691. The highest BCUT2D eigenvalue weighted by Gasteiger charge is 2.31. The third kappa shape index (κ3) is 4.13. The maximum absolute atomic E-state index is 13.2. The lowest BCUT2D eigenvalue weighted by molar-refractivity contribution is -0.119. The van der Waals surface area contributed by atoms with Gasteiger partial charge in [0, 0.05) is 12.6 Å². The first-order chi connectivity index (χ1) is 12.6. The van der Waals surface area contributed by atoms with Gasteiger partial charge in [-0.3, -0.25) is 0 Å². The van der Waals surface area contributed by atoms with Gasteiger partial charge in [-0.2, -0.15) is 13.2 Å². The van der Waals surface area contributed by atoms with Crippen LogP contribution in [0.5, 0.6) is 0 Å². The lowest BCUT2D eigenvalue weighted by atomic mass is 10.1. The highest BCUT2D eigenvalue weighted by atomic mass is 19.4. The van der Waals surface area contributed by atoms with Gasteiger partial charge in [0.15, 0.2) is 5.82 Å². The van der Waals surface area contributed by atoms with Gasteiger partial charge < -0.3 is 10.0 Å². The summed E-state index contributed by atoms with van der Waals surface area (Å²) in [5.41, 5.74) is 0.915. The molecule has 1 heterocycles. The summed E-state index contributed by atoms with van der Waals surface area (Å²) in [7, 11) is 1.21. The lowest BCUT2D eigenvalue weighted by Crippen LogP contribution is -2.32. The van der Waals surface area contributed by atoms with Crippen molar-refractivity contribution in [3.05, 3.63) is 53.8 Å². The average molecular weight is 379 g/mol. The van der Waals surface area contributed by atoms with Crippen molar-refractivity contribution >= 4 is 22.8 Å². The Labute approximate surface area is 150 Å². The van der Waals surface area contributed by atoms with Crippen LogP contribution in [-0.4, -0.2) is 40.8 Å². The summed E-state index contributed by atoms with van der Waals surface area (Å²) in [5.74, 6) is -1.77. The molecule has 0 amide bonds. The molecule has 0 atom stereocenters. The number of alkyl halides is 3. The predicted molar refractivity (Wildman–Crippen MR) is 91.2 cm³/mol. The average Bonchev–Trinajstić information content (AvgIpc) is 2.59. The maximum atomic E-state index is 13.2. The minimum atomic E-state index is -4.48. The van der Waals surface area contributed by atoms with E-state index in [1.807, 2.05) is 0 Å². The molecule has 0 aliphatic heterocycles. The Bertz CT molecular complexity index is 1000. The molecule has 5 nitrogen and oxygen atoms in total. The Morgan fingerprint density at radius 2 is 1.74 bits per heavy atom. The Morgan fingerprint density at radius 3 is 2.33 bits per heavy atom. The van der Waals surface area contributed by atoms with Crippen LogP contribution in [0.4, 0.5) is 23.4 Å². The summed E-state index contributed by atoms with van der Waals surface area (Å²) in [6.07, 6.45) is -4.48. The number of carbonyl (C=O) groups is 1. The summed E-state index contributed by atoms with van der Waals surface area (Å²) in [5, 5.41) is 9.09. The number of hydrogen-bond acceptors (Lipinski definition) is 4. The first-order valence-electron chi connectivity index (χ1n) is 7.73. The van der Waals surface area contributed by atoms with Gasteiger partial charge in [0.1, 0.15) is 18.1 Å². The Balaban J connectivity index is 2.21. The Morgan fingerprint density at radius 1 is 1.07 bits per heavy atom. The van der Waals surface area contributed by atoms with Crippen molar-refractivity contribution in [2.75, 3.05) is 18.5 Å². The highest BCUT2D eigenvalue weighted by molar-refractivity contribution is 5.93. The number of aromatic carboxylic acids is 1. The molecule has 2 aromatic carbocycles. The summed E-state index contributed by atoms with van der Waals surface area (Å²) in [6, 6.07) is 9.11. The van der Waals surface area contributed by atoms with E-state index in [1.165, 1.54) is 49.5 Å². The molecule has 27 heavy (non-hydrogen) atoms. The molecule has 0 radical (unpaired) electrons. The van der Waals surface area contributed by atoms with E-state index in [0.717, 1.165) is 4.90 Å². The minimum Gasteiger partial charge on any atom is -0.478 e. The second kappa shape index (κ2) is 6.82. The van der Waals surface area contributed by atoms with E-state index in [9.17, 15) is 22.4 Å². The molecule has 140 valence electrons. The first kappa shape index (κ1) is 18.6. The number of anilines is 1. The van der Waals surface area contributed by atoms with E-state index >= 15 is 0 Å². The molecule has 0 unspecified atom stereocenters. The van der Waals surface area contributed by atoms with E-state index in [0.29, 0.717) is 11.1 Å². The van der Waals surface area contributed by atoms with Crippen molar-refractivity contribution in [3.63, 3.8) is 0 Å². The number of aromatic nitrogens is 2. The molecule has 0 fully saturated rings. The molecule has 3 aromatic rings. The van der Waals surface area contributed by atoms with Crippen LogP contribution >= 0.6 is 0 Å². The van der Waals surface area contributed by atoms with Crippen molar-refractivity contribution in [2.24, 2.45) is 0 Å². The Kier molecular flexibility index (Phi) is 4.69. The fraction of sp³-hybridized carbons (Fsp3) is 0.167. The third-order valence-electron chi connectivity index (χ3n) is 3.79. The van der Waals surface area contributed by atoms with Gasteiger partial charge in [0.05, 0.1) is 16.6 Å². The largest absolute Gasteiger partial charge is 0.478 e. The van der Waals surface area contributed by atoms with Crippen LogP contribution in [0.3, 0.4) is 0 Å². The van der Waals surface area contributed by atoms with Crippen LogP contribution in [0.1, 0.15) is 10.4 Å². The third-order valence-corrected chi connectivity index (χ3v) is 3.79. The number of carboxylic acid groups (broad SMARTS) is 1. The normalized spacial score (nSPS) is 11.6. The fourth-order valence-electron chi connectivity index (χ4n) is 2.59. The predicted octanol–water partition coefficient (Wildman–Crippen LogP) is 4.13. The van der Waals surface area contributed by atoms with E-state index in [4.69, 9.17) is 5.11 Å². The second-order valence-corrected chi connectivity index (χ2v) is 5.88. The number of benzene rings is 2. The number of carboxylic acids is 1. The van der Waals surface area contributed by atoms with Gasteiger partial charge in [-0.05, 0) is 42.5 Å². The first-order valence-corrected chi connectivity index (χ1v) is 7.73. The highest BCUT2D eigenvalue weighted by Crippen LogP contribution is 2.31. The van der Waals surface area contributed by atoms with Crippen molar-refractivity contribution in [1.82, 2.24) is 9.97 Å². The molecule has 9 heteroatoms. The molecular weight excluding hydrogens is 366 g/mol. The van der Waals surface area contributed by atoms with Gasteiger partial charge in [-0.25, -0.2) is 19.2 Å². The molecule has 0 bridgehead atoms. The zero-order chi connectivity index (χ0) is 19.8. The van der Waals surface area contributed by atoms with Crippen molar-refractivity contribution in [2.45, 2.75) is 6.18 Å². The Hall–Kier alpha value is -3.23. The molecular formula is C18H13F4N3O2. The number of nitrogens with zero attached hydrogens (tertiary/aromatic N) is 3. The minimum absolute atomic E-state index is 0.0595. The van der Waals surface area contributed by atoms with Gasteiger partial charge in [-0.1, -0.05) is 0 Å². The standard InChI is InChI=1S/C18H13F4N3O2/c1-25(9-18(20,21)22)16-15(10-2-5-12(19)6-3-10)23-13-7-4-11(17(26)27)8-14(13)24-16/h2-8H,9H2,1H3,(H,26,27). The number of halogens is 4. The van der Waals surface area contributed by atoms with Crippen LogP contribution < -0.4 is 4.90 Å². The monoisotopic (exact) mass is 379 g/mol. The number of hydrogen-bond donors (Lipinski definition) is 1. The van der Waals surface area contributed by atoms with Crippen LogP contribution in [0, 0.1) is 5.82 Å². The number of rotatable bonds is 4. The SMILES string of the molecule is CN(CC(F)(F)F)c1nc2cc(C(=O)O)ccc2nc1-c1ccc(F)cc1. The van der Waals surface area contributed by atoms with Crippen LogP contribution in [0.15, 0.2) is 42.5 Å². The van der Waals surface area contributed by atoms with Gasteiger partial charge in [0.2, 0.25) is 0 Å². The van der Waals surface area contributed by atoms with E-state index < -0.39 is 24.5 Å². The maximum Gasteiger partial charge on any atom is 0.405 e. The molecule has 0 aliphatic carbocycles. The van der Waals surface area contributed by atoms with Crippen molar-refractivity contribution in [3.8, 4) is 11.3 Å². The summed E-state index contributed by atoms with van der Waals surface area (Å²) in [6.45, 7) is -1.28. The van der Waals surface area contributed by atoms with Crippen molar-refractivity contribution < 1.29 is 27.5 Å². The molecule has 0 spiro atoms. The molecule has 0 saturated heterocycles. The summed E-state index contributed by atoms with van der Waals surface area (Å²) < 4.78 is 51.7. The number of fused-ring (bicyclic) bond motifs is 1. The summed E-state index contributed by atoms with van der Waals surface area (Å²) in [4.78, 5) is 20.5. The van der Waals surface area contributed by atoms with E-state index in [2.05, 4.69) is 9.97 Å². The van der Waals surface area contributed by atoms with Gasteiger partial charge in [-0.15, -0.1) is 0 Å². The smallest absolute Gasteiger partial charge is 0.405 e. The zero-order valence-electron chi connectivity index (χ0n) is 14.0. The van der Waals surface area contributed by atoms with E-state index in [1.54, 1.807) is 0 Å². The second-order valence-electron chi connectivity index (χ2n) is 5.88. The van der Waals surface area contributed by atoms with Crippen molar-refractivity contribution in [1.29, 1.82) is 0 Å². The van der Waals surface area contributed by atoms with Gasteiger partial charge in [0.25, 0.3) is 0 Å². The molecule has 3 rings (SSSR count). The van der Waals surface area contributed by atoms with Crippen LogP contribution in [0.25, 0.3) is 22.3 Å². The lowest BCUT2D eigenvalue weighted by Gasteiger charge is -2.22. The van der Waals surface area contributed by atoms with E-state index in [-0.39, 0.29) is 22.6 Å². The summed E-state index contributed by atoms with van der Waals surface area (Å²) >= 11 is 0. The van der Waals surface area contributed by atoms with Crippen LogP contribution in [-0.2, 0) is 0 Å². The topological polar surface area (TPSA) is 66.3 Å². The molecule has 0 saturated carbocycles. The molecule has 0 aliphatic rings. The molecule has 1 N–H and O–H groups in total.